The van der Waals surface area contributed by atoms with Crippen molar-refractivity contribution in [3.63, 3.8) is 0 Å². The van der Waals surface area contributed by atoms with E-state index in [-0.39, 0.29) is 5.91 Å². The SMILES string of the molecule is CCC(=O)N(P)CC. The first-order valence-electron chi connectivity index (χ1n) is 2.77. The minimum Gasteiger partial charge on any atom is -0.328 e. The molecule has 1 atom stereocenters. The summed E-state index contributed by atoms with van der Waals surface area (Å²) in [4.78, 5) is 10.6. The Kier molecular flexibility index (Phi) is 3.80. The van der Waals surface area contributed by atoms with Crippen LogP contribution in [0.1, 0.15) is 20.3 Å². The topological polar surface area (TPSA) is 20.3 Å². The zero-order valence-electron chi connectivity index (χ0n) is 5.35. The molecule has 2 nitrogen and oxygen atoms in total. The number of nitrogens with zero attached hydrogens (tertiary/aromatic N) is 1. The Morgan fingerprint density at radius 1 is 1.62 bits per heavy atom. The molecule has 0 bridgehead atoms. The van der Waals surface area contributed by atoms with E-state index in [2.05, 4.69) is 9.39 Å². The molecule has 0 saturated heterocycles. The molecule has 0 aromatic carbocycles. The molecule has 0 fully saturated rings. The van der Waals surface area contributed by atoms with Crippen molar-refractivity contribution in [3.8, 4) is 0 Å². The third kappa shape index (κ3) is 2.27. The first-order chi connectivity index (χ1) is 3.72. The van der Waals surface area contributed by atoms with Crippen molar-refractivity contribution in [1.29, 1.82) is 0 Å². The Morgan fingerprint density at radius 2 is 2.12 bits per heavy atom. The Balaban J connectivity index is 3.46. The predicted octanol–water partition coefficient (Wildman–Crippen LogP) is 1.03. The Hall–Kier alpha value is -0.100. The standard InChI is InChI=1S/C5H12NOP/c1-3-5(7)6(8)4-2/h3-4,8H2,1-2H3. The summed E-state index contributed by atoms with van der Waals surface area (Å²) < 4.78 is 1.62. The quantitative estimate of drug-likeness (QED) is 0.515. The maximum absolute atomic E-state index is 10.6. The fraction of sp³-hybridized carbons (Fsp3) is 0.800. The maximum Gasteiger partial charge on any atom is 0.225 e. The van der Waals surface area contributed by atoms with Crippen LogP contribution < -0.4 is 0 Å². The van der Waals surface area contributed by atoms with E-state index < -0.39 is 0 Å². The highest BCUT2D eigenvalue weighted by atomic mass is 31.0. The summed E-state index contributed by atoms with van der Waals surface area (Å²) in [6.45, 7) is 4.58. The van der Waals surface area contributed by atoms with Gasteiger partial charge in [0.2, 0.25) is 5.91 Å². The van der Waals surface area contributed by atoms with Crippen LogP contribution in [0.4, 0.5) is 0 Å². The van der Waals surface area contributed by atoms with Gasteiger partial charge in [0.05, 0.1) is 0 Å². The lowest BCUT2D eigenvalue weighted by molar-refractivity contribution is -0.125. The van der Waals surface area contributed by atoms with Gasteiger partial charge in [-0.2, -0.15) is 0 Å². The van der Waals surface area contributed by atoms with E-state index in [9.17, 15) is 4.79 Å². The van der Waals surface area contributed by atoms with Gasteiger partial charge in [-0.25, -0.2) is 0 Å². The molecule has 8 heavy (non-hydrogen) atoms. The van der Waals surface area contributed by atoms with E-state index in [4.69, 9.17) is 0 Å². The summed E-state index contributed by atoms with van der Waals surface area (Å²) >= 11 is 0. The van der Waals surface area contributed by atoms with Gasteiger partial charge < -0.3 is 4.67 Å². The van der Waals surface area contributed by atoms with Gasteiger partial charge in [-0.1, -0.05) is 6.92 Å². The second-order valence-corrected chi connectivity index (χ2v) is 2.16. The molecule has 48 valence electrons. The van der Waals surface area contributed by atoms with Crippen LogP contribution in [0.5, 0.6) is 0 Å². The summed E-state index contributed by atoms with van der Waals surface area (Å²) in [5.41, 5.74) is 0. The molecule has 0 heterocycles. The second kappa shape index (κ2) is 3.85. The van der Waals surface area contributed by atoms with Crippen LogP contribution >= 0.6 is 9.39 Å². The summed E-state index contributed by atoms with van der Waals surface area (Å²) in [7, 11) is 2.38. The average Bonchev–Trinajstić information content (AvgIpc) is 1.84. The van der Waals surface area contributed by atoms with Gasteiger partial charge >= 0.3 is 0 Å². The smallest absolute Gasteiger partial charge is 0.225 e. The fourth-order valence-corrected chi connectivity index (χ4v) is 0.562. The van der Waals surface area contributed by atoms with Crippen LogP contribution in [0.15, 0.2) is 0 Å². The van der Waals surface area contributed by atoms with Gasteiger partial charge in [0.25, 0.3) is 0 Å². The van der Waals surface area contributed by atoms with Gasteiger partial charge in [0, 0.05) is 13.0 Å². The molecular formula is C5H12NOP. The molecule has 0 radical (unpaired) electrons. The Bertz CT molecular complexity index is 84.5. The Morgan fingerprint density at radius 3 is 2.25 bits per heavy atom. The number of carbonyl (C=O) groups excluding carboxylic acids is 1. The van der Waals surface area contributed by atoms with Crippen molar-refractivity contribution in [2.45, 2.75) is 20.3 Å². The second-order valence-electron chi connectivity index (χ2n) is 1.53. The molecular weight excluding hydrogens is 121 g/mol. The molecule has 0 aromatic rings. The third-order valence-corrected chi connectivity index (χ3v) is 1.62. The number of hydrogen-bond acceptors (Lipinski definition) is 1. The molecule has 0 N–H and O–H groups in total. The molecule has 0 aliphatic rings. The van der Waals surface area contributed by atoms with E-state index in [1.165, 1.54) is 0 Å². The van der Waals surface area contributed by atoms with Crippen molar-refractivity contribution in [1.82, 2.24) is 4.67 Å². The van der Waals surface area contributed by atoms with Crippen LogP contribution in [0.2, 0.25) is 0 Å². The van der Waals surface area contributed by atoms with Crippen molar-refractivity contribution in [2.24, 2.45) is 0 Å². The molecule has 3 heteroatoms. The predicted molar refractivity (Wildman–Crippen MR) is 37.4 cm³/mol. The van der Waals surface area contributed by atoms with Crippen LogP contribution in [0.25, 0.3) is 0 Å². The lowest BCUT2D eigenvalue weighted by Crippen LogP contribution is -2.18. The van der Waals surface area contributed by atoms with Gasteiger partial charge in [-0.3, -0.25) is 4.79 Å². The largest absolute Gasteiger partial charge is 0.328 e. The van der Waals surface area contributed by atoms with Gasteiger partial charge in [0.15, 0.2) is 0 Å². The Labute approximate surface area is 52.5 Å². The minimum atomic E-state index is 0.178. The van der Waals surface area contributed by atoms with Crippen LogP contribution in [0.3, 0.4) is 0 Å². The van der Waals surface area contributed by atoms with Crippen LogP contribution in [0, 0.1) is 0 Å². The summed E-state index contributed by atoms with van der Waals surface area (Å²) in [5.74, 6) is 0.178. The molecule has 0 saturated carbocycles. The number of amides is 1. The minimum absolute atomic E-state index is 0.178. The van der Waals surface area contributed by atoms with E-state index in [0.717, 1.165) is 6.54 Å². The molecule has 0 rings (SSSR count). The van der Waals surface area contributed by atoms with E-state index >= 15 is 0 Å². The monoisotopic (exact) mass is 133 g/mol. The van der Waals surface area contributed by atoms with Crippen LogP contribution in [-0.2, 0) is 4.79 Å². The van der Waals surface area contributed by atoms with Crippen molar-refractivity contribution >= 4 is 15.3 Å². The first-order valence-corrected chi connectivity index (χ1v) is 3.29. The molecule has 0 aromatic heterocycles. The molecule has 0 aliphatic carbocycles. The van der Waals surface area contributed by atoms with Crippen LogP contribution in [-0.4, -0.2) is 17.1 Å². The summed E-state index contributed by atoms with van der Waals surface area (Å²) in [5, 5.41) is 0. The molecule has 0 spiro atoms. The highest BCUT2D eigenvalue weighted by Crippen LogP contribution is 1.99. The molecule has 0 aliphatic heterocycles. The van der Waals surface area contributed by atoms with Crippen molar-refractivity contribution in [2.75, 3.05) is 6.54 Å². The lowest BCUT2D eigenvalue weighted by Gasteiger charge is -2.11. The lowest BCUT2D eigenvalue weighted by atomic mass is 10.4. The zero-order valence-corrected chi connectivity index (χ0v) is 6.50. The van der Waals surface area contributed by atoms with E-state index in [1.54, 1.807) is 4.67 Å². The fourth-order valence-electron chi connectivity index (χ4n) is 0.379. The number of hydrogen-bond donors (Lipinski definition) is 0. The third-order valence-electron chi connectivity index (χ3n) is 0.963. The molecule has 1 amide bonds. The van der Waals surface area contributed by atoms with Gasteiger partial charge in [0.1, 0.15) is 0 Å². The van der Waals surface area contributed by atoms with Crippen molar-refractivity contribution < 1.29 is 4.79 Å². The average molecular weight is 133 g/mol. The molecule has 1 unspecified atom stereocenters. The van der Waals surface area contributed by atoms with Gasteiger partial charge in [-0.15, -0.1) is 0 Å². The normalized spacial score (nSPS) is 8.88. The maximum atomic E-state index is 10.6. The highest BCUT2D eigenvalue weighted by molar-refractivity contribution is 7.14. The highest BCUT2D eigenvalue weighted by Gasteiger charge is 1.99. The number of carbonyl (C=O) groups is 1. The van der Waals surface area contributed by atoms with Gasteiger partial charge in [-0.05, 0) is 16.3 Å². The van der Waals surface area contributed by atoms with Crippen molar-refractivity contribution in [3.05, 3.63) is 0 Å². The van der Waals surface area contributed by atoms with E-state index in [1.807, 2.05) is 13.8 Å². The number of rotatable bonds is 2. The summed E-state index contributed by atoms with van der Waals surface area (Å²) in [6, 6.07) is 0. The zero-order chi connectivity index (χ0) is 6.57. The van der Waals surface area contributed by atoms with E-state index in [0.29, 0.717) is 6.42 Å². The summed E-state index contributed by atoms with van der Waals surface area (Å²) in [6.07, 6.45) is 0.595. The first kappa shape index (κ1) is 7.90.